The second kappa shape index (κ2) is 5.40. The zero-order chi connectivity index (χ0) is 13.9. The average Bonchev–Trinajstić information content (AvgIpc) is 2.42. The molecule has 1 aromatic rings. The Bertz CT molecular complexity index is 469. The molecule has 5 heteroatoms. The number of ether oxygens (including phenoxy) is 1. The van der Waals surface area contributed by atoms with Crippen LogP contribution in [0.2, 0.25) is 0 Å². The molecule has 0 heterocycles. The standard InChI is InChI=1S/C14H18N2O3/c1-19-12(17)11(10-6-3-2-4-7-10)16-13(18)14(15)8-5-9-14/h2-4,6-7,11H,5,8-9,15H2,1H3,(H,16,18). The van der Waals surface area contributed by atoms with Crippen LogP contribution in [-0.2, 0) is 14.3 Å². The molecule has 1 fully saturated rings. The van der Waals surface area contributed by atoms with Crippen LogP contribution in [0.5, 0.6) is 0 Å². The van der Waals surface area contributed by atoms with E-state index >= 15 is 0 Å². The molecule has 0 saturated heterocycles. The summed E-state index contributed by atoms with van der Waals surface area (Å²) in [4.78, 5) is 23.9. The topological polar surface area (TPSA) is 81.4 Å². The van der Waals surface area contributed by atoms with E-state index in [-0.39, 0.29) is 5.91 Å². The SMILES string of the molecule is COC(=O)C(NC(=O)C1(N)CCC1)c1ccccc1. The van der Waals surface area contributed by atoms with Crippen molar-refractivity contribution in [2.45, 2.75) is 30.8 Å². The molecule has 102 valence electrons. The molecule has 0 bridgehead atoms. The van der Waals surface area contributed by atoms with Crippen molar-refractivity contribution in [3.8, 4) is 0 Å². The zero-order valence-electron chi connectivity index (χ0n) is 10.9. The van der Waals surface area contributed by atoms with E-state index in [1.807, 2.05) is 6.07 Å². The summed E-state index contributed by atoms with van der Waals surface area (Å²) in [5, 5.41) is 2.69. The van der Waals surface area contributed by atoms with E-state index in [2.05, 4.69) is 5.32 Å². The number of esters is 1. The van der Waals surface area contributed by atoms with Crippen molar-refractivity contribution in [1.29, 1.82) is 0 Å². The van der Waals surface area contributed by atoms with Crippen LogP contribution < -0.4 is 11.1 Å². The fraction of sp³-hybridized carbons (Fsp3) is 0.429. The smallest absolute Gasteiger partial charge is 0.333 e. The number of carbonyl (C=O) groups is 2. The first-order valence-corrected chi connectivity index (χ1v) is 6.29. The van der Waals surface area contributed by atoms with Crippen molar-refractivity contribution < 1.29 is 14.3 Å². The van der Waals surface area contributed by atoms with Gasteiger partial charge in [-0.1, -0.05) is 30.3 Å². The van der Waals surface area contributed by atoms with Crippen LogP contribution in [0.4, 0.5) is 0 Å². The minimum atomic E-state index is -0.832. The van der Waals surface area contributed by atoms with E-state index in [0.717, 1.165) is 6.42 Å². The molecule has 0 radical (unpaired) electrons. The van der Waals surface area contributed by atoms with Crippen LogP contribution in [0.25, 0.3) is 0 Å². The van der Waals surface area contributed by atoms with Crippen LogP contribution in [-0.4, -0.2) is 24.5 Å². The number of hydrogen-bond acceptors (Lipinski definition) is 4. The highest BCUT2D eigenvalue weighted by Crippen LogP contribution is 2.30. The summed E-state index contributed by atoms with van der Waals surface area (Å²) < 4.78 is 4.74. The first-order chi connectivity index (χ1) is 9.07. The number of amides is 1. The third kappa shape index (κ3) is 2.76. The van der Waals surface area contributed by atoms with Crippen molar-refractivity contribution in [3.63, 3.8) is 0 Å². The van der Waals surface area contributed by atoms with Gasteiger partial charge in [0.1, 0.15) is 0 Å². The normalized spacial score (nSPS) is 18.0. The van der Waals surface area contributed by atoms with E-state index in [9.17, 15) is 9.59 Å². The third-order valence-corrected chi connectivity index (χ3v) is 3.54. The molecule has 2 rings (SSSR count). The summed E-state index contributed by atoms with van der Waals surface area (Å²) in [6, 6.07) is 8.19. The molecule has 1 aromatic carbocycles. The van der Waals surface area contributed by atoms with Gasteiger partial charge in [-0.3, -0.25) is 4.79 Å². The quantitative estimate of drug-likeness (QED) is 0.790. The number of rotatable bonds is 4. The lowest BCUT2D eigenvalue weighted by Crippen LogP contribution is -2.59. The highest BCUT2D eigenvalue weighted by atomic mass is 16.5. The van der Waals surface area contributed by atoms with Crippen LogP contribution in [0.15, 0.2) is 30.3 Å². The molecule has 1 amide bonds. The Hall–Kier alpha value is -1.88. The molecule has 1 aliphatic rings. The van der Waals surface area contributed by atoms with Gasteiger partial charge in [-0.05, 0) is 24.8 Å². The van der Waals surface area contributed by atoms with Crippen molar-refractivity contribution >= 4 is 11.9 Å². The zero-order valence-corrected chi connectivity index (χ0v) is 10.9. The lowest BCUT2D eigenvalue weighted by atomic mass is 9.77. The fourth-order valence-corrected chi connectivity index (χ4v) is 2.10. The molecule has 19 heavy (non-hydrogen) atoms. The summed E-state index contributed by atoms with van der Waals surface area (Å²) in [6.45, 7) is 0. The number of nitrogens with one attached hydrogen (secondary N) is 1. The van der Waals surface area contributed by atoms with Crippen LogP contribution in [0.1, 0.15) is 30.9 Å². The Morgan fingerprint density at radius 2 is 1.95 bits per heavy atom. The Kier molecular flexibility index (Phi) is 3.85. The van der Waals surface area contributed by atoms with Gasteiger partial charge in [0.2, 0.25) is 5.91 Å². The van der Waals surface area contributed by atoms with Gasteiger partial charge in [-0.15, -0.1) is 0 Å². The largest absolute Gasteiger partial charge is 0.467 e. The van der Waals surface area contributed by atoms with Gasteiger partial charge in [0, 0.05) is 0 Å². The molecule has 5 nitrogen and oxygen atoms in total. The monoisotopic (exact) mass is 262 g/mol. The minimum absolute atomic E-state index is 0.294. The highest BCUT2D eigenvalue weighted by molar-refractivity contribution is 5.91. The number of methoxy groups -OCH3 is 1. The van der Waals surface area contributed by atoms with Crippen LogP contribution >= 0.6 is 0 Å². The number of nitrogens with two attached hydrogens (primary N) is 1. The van der Waals surface area contributed by atoms with Gasteiger partial charge in [0.05, 0.1) is 12.6 Å². The average molecular weight is 262 g/mol. The predicted molar refractivity (Wildman–Crippen MR) is 70.1 cm³/mol. The second-order valence-corrected chi connectivity index (χ2v) is 4.85. The Morgan fingerprint density at radius 3 is 2.42 bits per heavy atom. The summed E-state index contributed by atoms with van der Waals surface area (Å²) in [6.07, 6.45) is 2.25. The maximum atomic E-state index is 12.1. The number of hydrogen-bond donors (Lipinski definition) is 2. The summed E-state index contributed by atoms with van der Waals surface area (Å²) in [7, 11) is 1.30. The predicted octanol–water partition coefficient (Wildman–Crippen LogP) is 0.898. The fourth-order valence-electron chi connectivity index (χ4n) is 2.10. The van der Waals surface area contributed by atoms with Gasteiger partial charge in [-0.2, -0.15) is 0 Å². The van der Waals surface area contributed by atoms with Gasteiger partial charge < -0.3 is 15.8 Å². The molecule has 0 aromatic heterocycles. The van der Waals surface area contributed by atoms with Crippen LogP contribution in [0.3, 0.4) is 0 Å². The summed E-state index contributed by atoms with van der Waals surface area (Å²) >= 11 is 0. The van der Waals surface area contributed by atoms with E-state index < -0.39 is 17.6 Å². The van der Waals surface area contributed by atoms with Gasteiger partial charge in [-0.25, -0.2) is 4.79 Å². The molecular weight excluding hydrogens is 244 g/mol. The summed E-state index contributed by atoms with van der Waals surface area (Å²) in [5.74, 6) is -0.791. The number of benzene rings is 1. The van der Waals surface area contributed by atoms with Gasteiger partial charge in [0.15, 0.2) is 6.04 Å². The van der Waals surface area contributed by atoms with Gasteiger partial charge in [0.25, 0.3) is 0 Å². The molecule has 1 atom stereocenters. The molecular formula is C14H18N2O3. The highest BCUT2D eigenvalue weighted by Gasteiger charge is 2.41. The lowest BCUT2D eigenvalue weighted by Gasteiger charge is -2.37. The van der Waals surface area contributed by atoms with Crippen molar-refractivity contribution in [1.82, 2.24) is 5.32 Å². The second-order valence-electron chi connectivity index (χ2n) is 4.85. The minimum Gasteiger partial charge on any atom is -0.467 e. The lowest BCUT2D eigenvalue weighted by molar-refractivity contribution is -0.146. The van der Waals surface area contributed by atoms with Crippen molar-refractivity contribution in [2.75, 3.05) is 7.11 Å². The number of carbonyl (C=O) groups excluding carboxylic acids is 2. The maximum Gasteiger partial charge on any atom is 0.333 e. The summed E-state index contributed by atoms with van der Waals surface area (Å²) in [5.41, 5.74) is 5.80. The van der Waals surface area contributed by atoms with E-state index in [4.69, 9.17) is 10.5 Å². The maximum absolute atomic E-state index is 12.1. The van der Waals surface area contributed by atoms with Gasteiger partial charge >= 0.3 is 5.97 Å². The molecule has 1 unspecified atom stereocenters. The molecule has 0 aliphatic heterocycles. The Morgan fingerprint density at radius 1 is 1.32 bits per heavy atom. The first-order valence-electron chi connectivity index (χ1n) is 6.29. The molecule has 1 aliphatic carbocycles. The van der Waals surface area contributed by atoms with E-state index in [1.54, 1.807) is 24.3 Å². The Labute approximate surface area is 112 Å². The molecule has 1 saturated carbocycles. The third-order valence-electron chi connectivity index (χ3n) is 3.54. The molecule has 3 N–H and O–H groups in total. The van der Waals surface area contributed by atoms with Crippen molar-refractivity contribution in [3.05, 3.63) is 35.9 Å². The van der Waals surface area contributed by atoms with Crippen molar-refractivity contribution in [2.24, 2.45) is 5.73 Å². The first kappa shape index (κ1) is 13.5. The molecule has 0 spiro atoms. The Balaban J connectivity index is 2.15. The van der Waals surface area contributed by atoms with Crippen LogP contribution in [0, 0.1) is 0 Å². The van der Waals surface area contributed by atoms with E-state index in [0.29, 0.717) is 18.4 Å². The van der Waals surface area contributed by atoms with E-state index in [1.165, 1.54) is 7.11 Å².